The van der Waals surface area contributed by atoms with E-state index >= 15 is 0 Å². The van der Waals surface area contributed by atoms with E-state index < -0.39 is 0 Å². The molecule has 0 amide bonds. The molecule has 0 aliphatic rings. The van der Waals surface area contributed by atoms with Gasteiger partial charge >= 0.3 is 5.97 Å². The molecule has 26 heavy (non-hydrogen) atoms. The Morgan fingerprint density at radius 2 is 2.15 bits per heavy atom. The molecule has 0 fully saturated rings. The first-order valence-corrected chi connectivity index (χ1v) is 10.0. The number of rotatable bonds is 6. The predicted octanol–water partition coefficient (Wildman–Crippen LogP) is 5.34. The lowest BCUT2D eigenvalue weighted by Crippen LogP contribution is -2.05. The van der Waals surface area contributed by atoms with E-state index in [2.05, 4.69) is 10.1 Å². The van der Waals surface area contributed by atoms with Gasteiger partial charge in [0.25, 0.3) is 0 Å². The molecule has 3 aromatic heterocycles. The highest BCUT2D eigenvalue weighted by molar-refractivity contribution is 7.19. The van der Waals surface area contributed by atoms with E-state index in [4.69, 9.17) is 20.9 Å². The third-order valence-corrected chi connectivity index (χ3v) is 6.13. The lowest BCUT2D eigenvalue weighted by Gasteiger charge is -2.02. The van der Waals surface area contributed by atoms with Crippen LogP contribution in [-0.4, -0.2) is 16.1 Å². The standard InChI is InChI=1S/C18H13ClN2O3S2/c19-17-12-3-1-2-4-13(12)26-14(17)9-23-16(22)6-5-15-20-18(21-24-15)11-7-8-25-10-11/h1-4,7-8,10H,5-6,9H2. The molecule has 0 saturated carbocycles. The van der Waals surface area contributed by atoms with Crippen molar-refractivity contribution in [3.63, 3.8) is 0 Å². The molecular weight excluding hydrogens is 392 g/mol. The second-order valence-electron chi connectivity index (χ2n) is 5.52. The molecule has 0 aliphatic heterocycles. The van der Waals surface area contributed by atoms with Crippen LogP contribution in [-0.2, 0) is 22.6 Å². The molecule has 8 heteroatoms. The van der Waals surface area contributed by atoms with E-state index in [1.54, 1.807) is 11.3 Å². The van der Waals surface area contributed by atoms with Crippen LogP contribution in [0, 0.1) is 0 Å². The van der Waals surface area contributed by atoms with Gasteiger partial charge in [-0.1, -0.05) is 35.0 Å². The SMILES string of the molecule is O=C(CCc1nc(-c2ccsc2)no1)OCc1sc2ccccc2c1Cl. The number of benzene rings is 1. The minimum atomic E-state index is -0.325. The van der Waals surface area contributed by atoms with Gasteiger partial charge in [-0.3, -0.25) is 4.79 Å². The van der Waals surface area contributed by atoms with Crippen molar-refractivity contribution in [2.24, 2.45) is 0 Å². The van der Waals surface area contributed by atoms with Crippen LogP contribution in [0.2, 0.25) is 5.02 Å². The van der Waals surface area contributed by atoms with Gasteiger partial charge in [-0.15, -0.1) is 11.3 Å². The number of esters is 1. The Morgan fingerprint density at radius 3 is 2.96 bits per heavy atom. The van der Waals surface area contributed by atoms with Crippen molar-refractivity contribution >= 4 is 50.3 Å². The highest BCUT2D eigenvalue weighted by Crippen LogP contribution is 2.35. The molecule has 5 nitrogen and oxygen atoms in total. The van der Waals surface area contributed by atoms with Gasteiger partial charge in [0.05, 0.1) is 16.3 Å². The quantitative estimate of drug-likeness (QED) is 0.406. The first-order valence-electron chi connectivity index (χ1n) is 7.87. The van der Waals surface area contributed by atoms with Gasteiger partial charge in [0.15, 0.2) is 0 Å². The molecule has 0 N–H and O–H groups in total. The average molecular weight is 405 g/mol. The van der Waals surface area contributed by atoms with Gasteiger partial charge in [-0.05, 0) is 17.5 Å². The average Bonchev–Trinajstić information content (AvgIpc) is 3.39. The molecule has 0 bridgehead atoms. The summed E-state index contributed by atoms with van der Waals surface area (Å²) in [5, 5.41) is 9.44. The summed E-state index contributed by atoms with van der Waals surface area (Å²) in [6.45, 7) is 0.168. The van der Waals surface area contributed by atoms with Crippen LogP contribution in [0.15, 0.2) is 45.6 Å². The van der Waals surface area contributed by atoms with E-state index in [1.165, 1.54) is 11.3 Å². The number of fused-ring (bicyclic) bond motifs is 1. The molecule has 0 aliphatic carbocycles. The summed E-state index contributed by atoms with van der Waals surface area (Å²) in [5.74, 6) is 0.628. The molecule has 0 unspecified atom stereocenters. The van der Waals surface area contributed by atoms with E-state index in [0.717, 1.165) is 20.5 Å². The summed E-state index contributed by atoms with van der Waals surface area (Å²) < 4.78 is 11.6. The molecule has 0 saturated heterocycles. The number of thiophene rings is 2. The molecule has 0 atom stereocenters. The van der Waals surface area contributed by atoms with Gasteiger partial charge in [0.2, 0.25) is 11.7 Å². The summed E-state index contributed by atoms with van der Waals surface area (Å²) in [5.41, 5.74) is 0.909. The second kappa shape index (κ2) is 7.57. The molecule has 132 valence electrons. The van der Waals surface area contributed by atoms with Crippen LogP contribution in [0.4, 0.5) is 0 Å². The Kier molecular flexibility index (Phi) is 5.01. The maximum absolute atomic E-state index is 12.0. The number of hydrogen-bond acceptors (Lipinski definition) is 7. The normalized spacial score (nSPS) is 11.1. The lowest BCUT2D eigenvalue weighted by molar-refractivity contribution is -0.144. The number of aromatic nitrogens is 2. The van der Waals surface area contributed by atoms with Gasteiger partial charge in [0, 0.05) is 27.5 Å². The maximum Gasteiger partial charge on any atom is 0.306 e. The van der Waals surface area contributed by atoms with Crippen LogP contribution >= 0.6 is 34.3 Å². The molecule has 1 aromatic carbocycles. The van der Waals surface area contributed by atoms with E-state index in [0.29, 0.717) is 23.2 Å². The van der Waals surface area contributed by atoms with Gasteiger partial charge in [0.1, 0.15) is 6.61 Å². The third kappa shape index (κ3) is 3.65. The van der Waals surface area contributed by atoms with Crippen LogP contribution < -0.4 is 0 Å². The van der Waals surface area contributed by atoms with E-state index in [-0.39, 0.29) is 19.0 Å². The maximum atomic E-state index is 12.0. The fourth-order valence-electron chi connectivity index (χ4n) is 2.45. The van der Waals surface area contributed by atoms with Crippen molar-refractivity contribution in [2.75, 3.05) is 0 Å². The minimum Gasteiger partial charge on any atom is -0.460 e. The van der Waals surface area contributed by atoms with Crippen LogP contribution in [0.1, 0.15) is 17.2 Å². The number of hydrogen-bond donors (Lipinski definition) is 0. The van der Waals surface area contributed by atoms with Gasteiger partial charge in [-0.25, -0.2) is 0 Å². The minimum absolute atomic E-state index is 0.168. The Labute approximate surface area is 162 Å². The first kappa shape index (κ1) is 17.2. The largest absolute Gasteiger partial charge is 0.460 e. The molecule has 0 spiro atoms. The highest BCUT2D eigenvalue weighted by atomic mass is 35.5. The number of ether oxygens (including phenoxy) is 1. The molecule has 0 radical (unpaired) electrons. The van der Waals surface area contributed by atoms with Gasteiger partial charge < -0.3 is 9.26 Å². The van der Waals surface area contributed by atoms with Crippen LogP contribution in [0.5, 0.6) is 0 Å². The zero-order chi connectivity index (χ0) is 17.9. The summed E-state index contributed by atoms with van der Waals surface area (Å²) in [7, 11) is 0. The molecule has 4 aromatic rings. The summed E-state index contributed by atoms with van der Waals surface area (Å²) >= 11 is 9.45. The van der Waals surface area contributed by atoms with Crippen molar-refractivity contribution in [1.82, 2.24) is 10.1 Å². The number of aryl methyl sites for hydroxylation is 1. The highest BCUT2D eigenvalue weighted by Gasteiger charge is 2.14. The second-order valence-corrected chi connectivity index (χ2v) is 7.81. The van der Waals surface area contributed by atoms with Crippen LogP contribution in [0.3, 0.4) is 0 Å². The summed E-state index contributed by atoms with van der Waals surface area (Å²) in [6, 6.07) is 9.77. The monoisotopic (exact) mass is 404 g/mol. The number of nitrogens with zero attached hydrogens (tertiary/aromatic N) is 2. The lowest BCUT2D eigenvalue weighted by atomic mass is 10.2. The van der Waals surface area contributed by atoms with Crippen molar-refractivity contribution in [3.05, 3.63) is 56.9 Å². The van der Waals surface area contributed by atoms with Crippen molar-refractivity contribution in [2.45, 2.75) is 19.4 Å². The Hall–Kier alpha value is -2.22. The predicted molar refractivity (Wildman–Crippen MR) is 103 cm³/mol. The van der Waals surface area contributed by atoms with E-state index in [1.807, 2.05) is 41.1 Å². The zero-order valence-corrected chi connectivity index (χ0v) is 15.9. The molecule has 4 rings (SSSR count). The fourth-order valence-corrected chi connectivity index (χ4v) is 4.49. The Bertz CT molecular complexity index is 1040. The van der Waals surface area contributed by atoms with Crippen molar-refractivity contribution < 1.29 is 14.1 Å². The van der Waals surface area contributed by atoms with Crippen molar-refractivity contribution in [3.8, 4) is 11.4 Å². The Morgan fingerprint density at radius 1 is 1.27 bits per heavy atom. The first-order chi connectivity index (χ1) is 12.7. The van der Waals surface area contributed by atoms with Crippen molar-refractivity contribution in [1.29, 1.82) is 0 Å². The molecular formula is C18H13ClN2O3S2. The third-order valence-electron chi connectivity index (χ3n) is 3.76. The topological polar surface area (TPSA) is 65.2 Å². The van der Waals surface area contributed by atoms with Gasteiger partial charge in [-0.2, -0.15) is 16.3 Å². The van der Waals surface area contributed by atoms with E-state index in [9.17, 15) is 4.79 Å². The Balaban J connectivity index is 1.32. The number of carbonyl (C=O) groups is 1. The van der Waals surface area contributed by atoms with Crippen LogP contribution in [0.25, 0.3) is 21.5 Å². The molecule has 3 heterocycles. The zero-order valence-electron chi connectivity index (χ0n) is 13.5. The fraction of sp³-hybridized carbons (Fsp3) is 0.167. The number of carbonyl (C=O) groups excluding carboxylic acids is 1. The summed E-state index contributed by atoms with van der Waals surface area (Å²) in [4.78, 5) is 17.1. The smallest absolute Gasteiger partial charge is 0.306 e. The number of halogens is 1. The summed E-state index contributed by atoms with van der Waals surface area (Å²) in [6.07, 6.45) is 0.518.